The van der Waals surface area contributed by atoms with Gasteiger partial charge in [0.05, 0.1) is 23.2 Å². The number of hydrogen-bond acceptors (Lipinski definition) is 4. The fourth-order valence-electron chi connectivity index (χ4n) is 2.10. The van der Waals surface area contributed by atoms with Crippen molar-refractivity contribution in [3.63, 3.8) is 0 Å². The summed E-state index contributed by atoms with van der Waals surface area (Å²) in [5.41, 5.74) is 0.938. The van der Waals surface area contributed by atoms with Gasteiger partial charge in [-0.15, -0.1) is 5.10 Å². The molecule has 1 aromatic carbocycles. The van der Waals surface area contributed by atoms with Crippen LogP contribution in [0.1, 0.15) is 16.9 Å². The van der Waals surface area contributed by atoms with Gasteiger partial charge >= 0.3 is 0 Å². The number of halogens is 1. The Balaban J connectivity index is 1.55. The number of hydrogen-bond donors (Lipinski definition) is 1. The second-order valence-electron chi connectivity index (χ2n) is 4.91. The fourth-order valence-corrected chi connectivity index (χ4v) is 2.32. The minimum absolute atomic E-state index is 0.256. The van der Waals surface area contributed by atoms with Gasteiger partial charge in [-0.3, -0.25) is 4.79 Å². The van der Waals surface area contributed by atoms with Crippen LogP contribution in [0.15, 0.2) is 49.2 Å². The van der Waals surface area contributed by atoms with Gasteiger partial charge in [0.1, 0.15) is 0 Å². The number of rotatable bonds is 6. The molecule has 2 aromatic heterocycles. The lowest BCUT2D eigenvalue weighted by atomic mass is 10.3. The van der Waals surface area contributed by atoms with Crippen molar-refractivity contribution in [1.82, 2.24) is 29.9 Å². The lowest BCUT2D eigenvalue weighted by Crippen LogP contribution is -2.25. The van der Waals surface area contributed by atoms with Crippen molar-refractivity contribution < 1.29 is 4.79 Å². The van der Waals surface area contributed by atoms with E-state index < -0.39 is 0 Å². The number of nitrogens with zero attached hydrogens (tertiary/aromatic N) is 5. The maximum absolute atomic E-state index is 12.1. The number of benzene rings is 1. The molecule has 0 aliphatic rings. The smallest absolute Gasteiger partial charge is 0.273 e. The first-order chi connectivity index (χ1) is 11.2. The predicted octanol–water partition coefficient (Wildman–Crippen LogP) is 1.94. The highest BCUT2D eigenvalue weighted by molar-refractivity contribution is 6.32. The Kier molecular flexibility index (Phi) is 4.68. The zero-order valence-corrected chi connectivity index (χ0v) is 13.0. The van der Waals surface area contributed by atoms with Gasteiger partial charge in [-0.1, -0.05) is 28.9 Å². The van der Waals surface area contributed by atoms with Gasteiger partial charge in [0.25, 0.3) is 5.91 Å². The molecule has 0 unspecified atom stereocenters. The summed E-state index contributed by atoms with van der Waals surface area (Å²) in [6.45, 7) is 1.35. The zero-order chi connectivity index (χ0) is 16.1. The lowest BCUT2D eigenvalue weighted by Gasteiger charge is -2.04. The molecule has 0 bridgehead atoms. The Morgan fingerprint density at radius 3 is 2.96 bits per heavy atom. The first-order valence-corrected chi connectivity index (χ1v) is 7.53. The summed E-state index contributed by atoms with van der Waals surface area (Å²) in [6, 6.07) is 7.24. The van der Waals surface area contributed by atoms with Crippen LogP contribution >= 0.6 is 11.6 Å². The zero-order valence-electron chi connectivity index (χ0n) is 12.3. The number of aryl methyl sites for hydroxylation is 1. The molecule has 8 heteroatoms. The Hall–Kier alpha value is -2.67. The van der Waals surface area contributed by atoms with Crippen molar-refractivity contribution in [2.75, 3.05) is 6.54 Å². The second-order valence-corrected chi connectivity index (χ2v) is 5.32. The molecule has 0 aliphatic heterocycles. The van der Waals surface area contributed by atoms with E-state index in [2.05, 4.69) is 20.6 Å². The van der Waals surface area contributed by atoms with Crippen LogP contribution in [0.25, 0.3) is 5.69 Å². The van der Waals surface area contributed by atoms with Crippen LogP contribution in [0.3, 0.4) is 0 Å². The van der Waals surface area contributed by atoms with E-state index in [4.69, 9.17) is 11.6 Å². The molecular formula is C15H15ClN6O. The molecule has 0 saturated heterocycles. The molecule has 1 amide bonds. The van der Waals surface area contributed by atoms with Crippen LogP contribution in [0.5, 0.6) is 0 Å². The van der Waals surface area contributed by atoms with Gasteiger partial charge in [0.15, 0.2) is 5.69 Å². The quantitative estimate of drug-likeness (QED) is 0.701. The molecular weight excluding hydrogens is 316 g/mol. The van der Waals surface area contributed by atoms with Crippen molar-refractivity contribution in [2.45, 2.75) is 13.0 Å². The Morgan fingerprint density at radius 1 is 1.30 bits per heavy atom. The molecule has 7 nitrogen and oxygen atoms in total. The topological polar surface area (TPSA) is 77.6 Å². The molecule has 118 valence electrons. The number of nitrogens with one attached hydrogen (secondary N) is 1. The number of carbonyl (C=O) groups excluding carboxylic acids is 1. The third-order valence-corrected chi connectivity index (χ3v) is 3.58. The van der Waals surface area contributed by atoms with Gasteiger partial charge in [0.2, 0.25) is 0 Å². The summed E-state index contributed by atoms with van der Waals surface area (Å²) >= 11 is 6.10. The first-order valence-electron chi connectivity index (χ1n) is 7.15. The Labute approximate surface area is 137 Å². The molecule has 0 saturated carbocycles. The normalized spacial score (nSPS) is 10.7. The SMILES string of the molecule is O=C(NCCCn1ccnc1)c1cn(-c2ccccc2Cl)nn1. The van der Waals surface area contributed by atoms with Gasteiger partial charge in [-0.05, 0) is 18.6 Å². The van der Waals surface area contributed by atoms with Crippen LogP contribution in [-0.2, 0) is 6.54 Å². The molecule has 3 aromatic rings. The van der Waals surface area contributed by atoms with Gasteiger partial charge in [-0.2, -0.15) is 0 Å². The highest BCUT2D eigenvalue weighted by Gasteiger charge is 2.12. The maximum Gasteiger partial charge on any atom is 0.273 e. The molecule has 3 rings (SSSR count). The number of carbonyl (C=O) groups is 1. The summed E-state index contributed by atoms with van der Waals surface area (Å²) in [4.78, 5) is 16.0. The molecule has 23 heavy (non-hydrogen) atoms. The van der Waals surface area contributed by atoms with Crippen molar-refractivity contribution in [1.29, 1.82) is 0 Å². The van der Waals surface area contributed by atoms with Gasteiger partial charge in [0, 0.05) is 25.5 Å². The molecule has 0 aliphatic carbocycles. The molecule has 0 fully saturated rings. The van der Waals surface area contributed by atoms with Crippen LogP contribution < -0.4 is 5.32 Å². The average Bonchev–Trinajstić information content (AvgIpc) is 3.23. The van der Waals surface area contributed by atoms with Crippen LogP contribution in [0.2, 0.25) is 5.02 Å². The first kappa shape index (κ1) is 15.2. The summed E-state index contributed by atoms with van der Waals surface area (Å²) in [6.07, 6.45) is 7.73. The summed E-state index contributed by atoms with van der Waals surface area (Å²) in [5.74, 6) is -0.256. The van der Waals surface area contributed by atoms with Crippen LogP contribution in [-0.4, -0.2) is 37.0 Å². The lowest BCUT2D eigenvalue weighted by molar-refractivity contribution is 0.0947. The van der Waals surface area contributed by atoms with E-state index in [1.165, 1.54) is 4.68 Å². The number of aromatic nitrogens is 5. The minimum Gasteiger partial charge on any atom is -0.351 e. The highest BCUT2D eigenvalue weighted by atomic mass is 35.5. The Bertz CT molecular complexity index is 783. The van der Waals surface area contributed by atoms with E-state index in [0.717, 1.165) is 13.0 Å². The van der Waals surface area contributed by atoms with Crippen molar-refractivity contribution in [2.24, 2.45) is 0 Å². The third-order valence-electron chi connectivity index (χ3n) is 3.26. The van der Waals surface area contributed by atoms with Crippen LogP contribution in [0, 0.1) is 0 Å². The molecule has 2 heterocycles. The van der Waals surface area contributed by atoms with Gasteiger partial charge in [-0.25, -0.2) is 9.67 Å². The standard InChI is InChI=1S/C15H15ClN6O/c16-12-4-1-2-5-14(12)22-10-13(19-20-22)15(23)18-6-3-8-21-9-7-17-11-21/h1-2,4-5,7,9-11H,3,6,8H2,(H,18,23). The third kappa shape index (κ3) is 3.75. The van der Waals surface area contributed by atoms with E-state index in [1.807, 2.05) is 29.0 Å². The predicted molar refractivity (Wildman–Crippen MR) is 85.5 cm³/mol. The fraction of sp³-hybridized carbons (Fsp3) is 0.200. The number of para-hydroxylation sites is 1. The monoisotopic (exact) mass is 330 g/mol. The van der Waals surface area contributed by atoms with E-state index >= 15 is 0 Å². The summed E-state index contributed by atoms with van der Waals surface area (Å²) < 4.78 is 3.45. The van der Waals surface area contributed by atoms with E-state index in [9.17, 15) is 4.79 Å². The van der Waals surface area contributed by atoms with E-state index in [0.29, 0.717) is 17.3 Å². The van der Waals surface area contributed by atoms with E-state index in [1.54, 1.807) is 24.8 Å². The van der Waals surface area contributed by atoms with Crippen molar-refractivity contribution in [3.05, 3.63) is 59.9 Å². The van der Waals surface area contributed by atoms with Gasteiger partial charge < -0.3 is 9.88 Å². The number of imidazole rings is 1. The Morgan fingerprint density at radius 2 is 2.17 bits per heavy atom. The van der Waals surface area contributed by atoms with Crippen LogP contribution in [0.4, 0.5) is 0 Å². The van der Waals surface area contributed by atoms with Crippen molar-refractivity contribution >= 4 is 17.5 Å². The second kappa shape index (κ2) is 7.06. The maximum atomic E-state index is 12.1. The van der Waals surface area contributed by atoms with E-state index in [-0.39, 0.29) is 11.6 Å². The summed E-state index contributed by atoms with van der Waals surface area (Å²) in [5, 5.41) is 11.2. The molecule has 0 radical (unpaired) electrons. The summed E-state index contributed by atoms with van der Waals surface area (Å²) in [7, 11) is 0. The van der Waals surface area contributed by atoms with Crippen molar-refractivity contribution in [3.8, 4) is 5.69 Å². The average molecular weight is 331 g/mol. The molecule has 0 atom stereocenters. The highest BCUT2D eigenvalue weighted by Crippen LogP contribution is 2.18. The molecule has 1 N–H and O–H groups in total. The number of amides is 1. The minimum atomic E-state index is -0.256. The largest absolute Gasteiger partial charge is 0.351 e. The molecule has 0 spiro atoms.